The first-order valence-electron chi connectivity index (χ1n) is 9.69. The Morgan fingerprint density at radius 1 is 0.923 bits per heavy atom. The molecular weight excluding hydrogens is 320 g/mol. The number of carbonyl (C=O) groups is 1. The number of nitrogens with one attached hydrogen (secondary N) is 1. The lowest BCUT2D eigenvalue weighted by Crippen LogP contribution is -2.47. The number of amides is 2. The molecule has 136 valence electrons. The summed E-state index contributed by atoms with van der Waals surface area (Å²) in [5, 5.41) is 3.35. The summed E-state index contributed by atoms with van der Waals surface area (Å²) in [6.45, 7) is 7.03. The molecule has 1 N–H and O–H groups in total. The van der Waals surface area contributed by atoms with Crippen LogP contribution in [0.3, 0.4) is 0 Å². The maximum Gasteiger partial charge on any atom is 0.326 e. The maximum atomic E-state index is 13.3. The molecule has 4 unspecified atom stereocenters. The molecule has 0 heterocycles. The lowest BCUT2D eigenvalue weighted by Gasteiger charge is -2.32. The van der Waals surface area contributed by atoms with Crippen LogP contribution in [0.4, 0.5) is 16.2 Å². The molecule has 0 spiro atoms. The molecule has 3 heteroatoms. The smallest absolute Gasteiger partial charge is 0.326 e. The molecule has 26 heavy (non-hydrogen) atoms. The highest BCUT2D eigenvalue weighted by molar-refractivity contribution is 5.99. The second-order valence-electron chi connectivity index (χ2n) is 8.55. The second kappa shape index (κ2) is 6.46. The Kier molecular flexibility index (Phi) is 4.26. The van der Waals surface area contributed by atoms with E-state index in [1.807, 2.05) is 60.7 Å². The van der Waals surface area contributed by atoms with Crippen molar-refractivity contribution in [3.8, 4) is 0 Å². The molecule has 4 atom stereocenters. The highest BCUT2D eigenvalue weighted by atomic mass is 16.2. The van der Waals surface area contributed by atoms with Gasteiger partial charge in [-0.3, -0.25) is 4.90 Å². The van der Waals surface area contributed by atoms with Crippen molar-refractivity contribution in [2.24, 2.45) is 23.2 Å². The van der Waals surface area contributed by atoms with Crippen molar-refractivity contribution in [3.05, 3.63) is 60.7 Å². The van der Waals surface area contributed by atoms with Crippen molar-refractivity contribution in [2.45, 2.75) is 39.7 Å². The molecule has 0 bridgehead atoms. The Morgan fingerprint density at radius 2 is 1.42 bits per heavy atom. The summed E-state index contributed by atoms with van der Waals surface area (Å²) in [7, 11) is 0. The Hall–Kier alpha value is -2.29. The van der Waals surface area contributed by atoms with Crippen LogP contribution in [0.25, 0.3) is 0 Å². The molecule has 2 aliphatic carbocycles. The number of urea groups is 1. The molecule has 3 nitrogen and oxygen atoms in total. The van der Waals surface area contributed by atoms with Crippen LogP contribution in [0.2, 0.25) is 0 Å². The van der Waals surface area contributed by atoms with E-state index >= 15 is 0 Å². The van der Waals surface area contributed by atoms with E-state index in [4.69, 9.17) is 0 Å². The number of nitrogens with zero attached hydrogens (tertiary/aromatic N) is 1. The van der Waals surface area contributed by atoms with Gasteiger partial charge in [0.15, 0.2) is 0 Å². The molecule has 2 amide bonds. The molecule has 2 saturated carbocycles. The van der Waals surface area contributed by atoms with Crippen LogP contribution in [-0.2, 0) is 0 Å². The summed E-state index contributed by atoms with van der Waals surface area (Å²) in [6, 6.07) is 20.0. The van der Waals surface area contributed by atoms with E-state index in [0.717, 1.165) is 29.6 Å². The van der Waals surface area contributed by atoms with E-state index in [-0.39, 0.29) is 12.1 Å². The van der Waals surface area contributed by atoms with Crippen LogP contribution < -0.4 is 10.2 Å². The van der Waals surface area contributed by atoms with Crippen LogP contribution in [0.1, 0.15) is 33.6 Å². The SMILES string of the molecule is CC1CC2C(CC1NC(=O)N(c1ccccc1)c1ccccc1)C2(C)C. The van der Waals surface area contributed by atoms with Gasteiger partial charge in [-0.1, -0.05) is 57.2 Å². The van der Waals surface area contributed by atoms with Crippen molar-refractivity contribution in [1.82, 2.24) is 5.32 Å². The minimum Gasteiger partial charge on any atom is -0.334 e. The maximum absolute atomic E-state index is 13.3. The Bertz CT molecular complexity index is 732. The van der Waals surface area contributed by atoms with Crippen LogP contribution in [-0.4, -0.2) is 12.1 Å². The first-order valence-corrected chi connectivity index (χ1v) is 9.69. The zero-order valence-corrected chi connectivity index (χ0v) is 15.9. The number of benzene rings is 2. The average molecular weight is 348 g/mol. The van der Waals surface area contributed by atoms with Gasteiger partial charge in [0.2, 0.25) is 0 Å². The van der Waals surface area contributed by atoms with Gasteiger partial charge >= 0.3 is 6.03 Å². The molecule has 0 radical (unpaired) electrons. The van der Waals surface area contributed by atoms with E-state index in [1.165, 1.54) is 6.42 Å². The summed E-state index contributed by atoms with van der Waals surface area (Å²) >= 11 is 0. The molecular formula is C23H28N2O. The zero-order chi connectivity index (χ0) is 18.3. The zero-order valence-electron chi connectivity index (χ0n) is 15.9. The van der Waals surface area contributed by atoms with E-state index in [9.17, 15) is 4.79 Å². The predicted molar refractivity (Wildman–Crippen MR) is 107 cm³/mol. The summed E-state index contributed by atoms with van der Waals surface area (Å²) in [4.78, 5) is 15.0. The number of anilines is 2. The second-order valence-corrected chi connectivity index (χ2v) is 8.55. The van der Waals surface area contributed by atoms with Gasteiger partial charge in [-0.05, 0) is 60.3 Å². The highest BCUT2D eigenvalue weighted by Crippen LogP contribution is 2.65. The Labute approximate surface area is 156 Å². The van der Waals surface area contributed by atoms with Crippen LogP contribution in [0.15, 0.2) is 60.7 Å². The monoisotopic (exact) mass is 348 g/mol. The van der Waals surface area contributed by atoms with Gasteiger partial charge in [0.1, 0.15) is 0 Å². The number of hydrogen-bond acceptors (Lipinski definition) is 1. The Morgan fingerprint density at radius 3 is 1.96 bits per heavy atom. The summed E-state index contributed by atoms with van der Waals surface area (Å²) < 4.78 is 0. The first-order chi connectivity index (χ1) is 12.5. The minimum absolute atomic E-state index is 0.0313. The summed E-state index contributed by atoms with van der Waals surface area (Å²) in [5.74, 6) is 2.12. The van der Waals surface area contributed by atoms with E-state index in [0.29, 0.717) is 11.3 Å². The fourth-order valence-electron chi connectivity index (χ4n) is 4.83. The van der Waals surface area contributed by atoms with Gasteiger partial charge in [-0.2, -0.15) is 0 Å². The molecule has 0 saturated heterocycles. The van der Waals surface area contributed by atoms with E-state index in [2.05, 4.69) is 26.1 Å². The Balaban J connectivity index is 1.56. The van der Waals surface area contributed by atoms with Gasteiger partial charge in [-0.25, -0.2) is 4.79 Å². The van der Waals surface area contributed by atoms with Gasteiger partial charge in [0.05, 0.1) is 11.4 Å². The summed E-state index contributed by atoms with van der Waals surface area (Å²) in [6.07, 6.45) is 2.32. The minimum atomic E-state index is -0.0313. The number of para-hydroxylation sites is 2. The average Bonchev–Trinajstić information content (AvgIpc) is 3.17. The van der Waals surface area contributed by atoms with Crippen LogP contribution in [0.5, 0.6) is 0 Å². The van der Waals surface area contributed by atoms with E-state index < -0.39 is 0 Å². The van der Waals surface area contributed by atoms with Crippen molar-refractivity contribution in [3.63, 3.8) is 0 Å². The van der Waals surface area contributed by atoms with Gasteiger partial charge in [0, 0.05) is 6.04 Å². The quantitative estimate of drug-likeness (QED) is 0.769. The van der Waals surface area contributed by atoms with Crippen molar-refractivity contribution < 1.29 is 4.79 Å². The van der Waals surface area contributed by atoms with Crippen molar-refractivity contribution in [2.75, 3.05) is 4.90 Å². The van der Waals surface area contributed by atoms with Crippen LogP contribution >= 0.6 is 0 Å². The van der Waals surface area contributed by atoms with Crippen molar-refractivity contribution >= 4 is 17.4 Å². The fourth-order valence-corrected chi connectivity index (χ4v) is 4.83. The number of rotatable bonds is 3. The van der Waals surface area contributed by atoms with E-state index in [1.54, 1.807) is 4.90 Å². The molecule has 0 aromatic heterocycles. The third kappa shape index (κ3) is 3.00. The first kappa shape index (κ1) is 17.1. The van der Waals surface area contributed by atoms with Gasteiger partial charge in [0.25, 0.3) is 0 Å². The topological polar surface area (TPSA) is 32.3 Å². The number of carbonyl (C=O) groups excluding carboxylic acids is 1. The predicted octanol–water partition coefficient (Wildman–Crippen LogP) is 5.61. The number of fused-ring (bicyclic) bond motifs is 1. The molecule has 0 aliphatic heterocycles. The van der Waals surface area contributed by atoms with Gasteiger partial charge < -0.3 is 5.32 Å². The molecule has 4 rings (SSSR count). The lowest BCUT2D eigenvalue weighted by molar-refractivity contribution is 0.226. The number of hydrogen-bond donors (Lipinski definition) is 1. The standard InChI is InChI=1S/C23H28N2O/c1-16-14-19-20(23(19,2)3)15-21(16)24-22(26)25(17-10-6-4-7-11-17)18-12-8-5-9-13-18/h4-13,16,19-21H,14-15H2,1-3H3,(H,24,26). The largest absolute Gasteiger partial charge is 0.334 e. The third-order valence-corrected chi connectivity index (χ3v) is 6.65. The molecule has 2 aromatic carbocycles. The molecule has 2 aliphatic rings. The van der Waals surface area contributed by atoms with Crippen LogP contribution in [0, 0.1) is 23.2 Å². The highest BCUT2D eigenvalue weighted by Gasteiger charge is 2.60. The third-order valence-electron chi connectivity index (χ3n) is 6.65. The van der Waals surface area contributed by atoms with Gasteiger partial charge in [-0.15, -0.1) is 0 Å². The molecule has 2 fully saturated rings. The normalized spacial score (nSPS) is 28.7. The summed E-state index contributed by atoms with van der Waals surface area (Å²) in [5.41, 5.74) is 2.24. The molecule has 2 aromatic rings. The lowest BCUT2D eigenvalue weighted by atomic mass is 9.86. The fraction of sp³-hybridized carbons (Fsp3) is 0.435. The van der Waals surface area contributed by atoms with Crippen molar-refractivity contribution in [1.29, 1.82) is 0 Å².